The van der Waals surface area contributed by atoms with Crippen LogP contribution < -0.4 is 0 Å². The van der Waals surface area contributed by atoms with E-state index in [2.05, 4.69) is 21.6 Å². The Balaban J connectivity index is 2.22. The zero-order valence-electron chi connectivity index (χ0n) is 7.58. The van der Waals surface area contributed by atoms with Crippen molar-refractivity contribution in [3.8, 4) is 0 Å². The van der Waals surface area contributed by atoms with Gasteiger partial charge in [-0.05, 0) is 12.8 Å². The Morgan fingerprint density at radius 3 is 2.58 bits per heavy atom. The molecule has 2 aliphatic heterocycles. The molecule has 2 fully saturated rings. The average Bonchev–Trinajstić information content (AvgIpc) is 2.44. The predicted molar refractivity (Wildman–Crippen MR) is 49.8 cm³/mol. The summed E-state index contributed by atoms with van der Waals surface area (Å²) in [5, 5.41) is 4.54. The number of fused-ring (bicyclic) bond motifs is 1. The van der Waals surface area contributed by atoms with Gasteiger partial charge in [0, 0.05) is 32.3 Å². The maximum atomic E-state index is 4.26. The normalized spacial score (nSPS) is 26.8. The van der Waals surface area contributed by atoms with Gasteiger partial charge in [-0.2, -0.15) is 0 Å². The van der Waals surface area contributed by atoms with E-state index in [1.165, 1.54) is 24.4 Å². The third kappa shape index (κ3) is 1.00. The molecule has 2 rings (SSSR count). The molecular weight excluding hydrogens is 150 g/mol. The largest absolute Gasteiger partial charge is 0.289 e. The van der Waals surface area contributed by atoms with E-state index in [0.717, 1.165) is 19.5 Å². The number of hydrogen-bond donors (Lipinski definition) is 0. The van der Waals surface area contributed by atoms with Gasteiger partial charge >= 0.3 is 0 Å². The third-order valence-electron chi connectivity index (χ3n) is 2.56. The summed E-state index contributed by atoms with van der Waals surface area (Å²) in [6.07, 6.45) is 3.51. The highest BCUT2D eigenvalue weighted by Gasteiger charge is 2.30. The molecule has 2 aliphatic rings. The summed E-state index contributed by atoms with van der Waals surface area (Å²) >= 11 is 0. The fraction of sp³-hybridized carbons (Fsp3) is 0.667. The van der Waals surface area contributed by atoms with E-state index >= 15 is 0 Å². The van der Waals surface area contributed by atoms with Crippen LogP contribution in [-0.2, 0) is 0 Å². The molecule has 0 saturated carbocycles. The van der Waals surface area contributed by atoms with Crippen LogP contribution in [0.5, 0.6) is 0 Å². The Kier molecular flexibility index (Phi) is 1.79. The van der Waals surface area contributed by atoms with E-state index in [1.54, 1.807) is 0 Å². The molecule has 0 aromatic heterocycles. The molecule has 0 unspecified atom stereocenters. The van der Waals surface area contributed by atoms with Crippen molar-refractivity contribution in [1.82, 2.24) is 10.0 Å². The Morgan fingerprint density at radius 2 is 1.92 bits per heavy atom. The fourth-order valence-electron chi connectivity index (χ4n) is 1.92. The summed E-state index contributed by atoms with van der Waals surface area (Å²) in [5.41, 5.74) is 1.20. The second-order valence-electron chi connectivity index (χ2n) is 3.34. The van der Waals surface area contributed by atoms with E-state index in [1.807, 2.05) is 7.05 Å². The topological polar surface area (TPSA) is 18.8 Å². The molecule has 0 spiro atoms. The molecule has 0 aromatic carbocycles. The van der Waals surface area contributed by atoms with Crippen LogP contribution in [0.25, 0.3) is 0 Å². The molecule has 0 aromatic rings. The molecular formula is C9H15N3. The maximum Gasteiger partial charge on any atom is 0.123 e. The lowest BCUT2D eigenvalue weighted by molar-refractivity contribution is 0.0733. The van der Waals surface area contributed by atoms with Crippen LogP contribution in [0.15, 0.2) is 17.3 Å². The number of aliphatic imine (C=N–C) groups is 1. The first-order chi connectivity index (χ1) is 5.83. The Labute approximate surface area is 73.3 Å². The van der Waals surface area contributed by atoms with Gasteiger partial charge in [0.25, 0.3) is 0 Å². The molecule has 2 saturated heterocycles. The first-order valence-corrected chi connectivity index (χ1v) is 4.51. The summed E-state index contributed by atoms with van der Waals surface area (Å²) < 4.78 is 0. The second-order valence-corrected chi connectivity index (χ2v) is 3.34. The molecule has 0 atom stereocenters. The summed E-state index contributed by atoms with van der Waals surface area (Å²) in [7, 11) is 1.86. The first kappa shape index (κ1) is 7.65. The first-order valence-electron chi connectivity index (χ1n) is 4.51. The van der Waals surface area contributed by atoms with Gasteiger partial charge in [0.2, 0.25) is 0 Å². The van der Waals surface area contributed by atoms with Gasteiger partial charge in [-0.25, -0.2) is 0 Å². The quantitative estimate of drug-likeness (QED) is 0.538. The predicted octanol–water partition coefficient (Wildman–Crippen LogP) is 1.24. The lowest BCUT2D eigenvalue weighted by Gasteiger charge is -2.35. The van der Waals surface area contributed by atoms with Gasteiger partial charge in [0.1, 0.15) is 5.84 Å². The minimum atomic E-state index is 0.941. The van der Waals surface area contributed by atoms with Crippen molar-refractivity contribution in [1.29, 1.82) is 0 Å². The molecule has 2 heterocycles. The van der Waals surface area contributed by atoms with Crippen LogP contribution in [0.2, 0.25) is 0 Å². The fourth-order valence-corrected chi connectivity index (χ4v) is 1.92. The molecule has 66 valence electrons. The van der Waals surface area contributed by atoms with E-state index < -0.39 is 0 Å². The van der Waals surface area contributed by atoms with E-state index in [9.17, 15) is 0 Å². The van der Waals surface area contributed by atoms with Crippen LogP contribution in [0.4, 0.5) is 0 Å². The van der Waals surface area contributed by atoms with Gasteiger partial charge in [0.05, 0.1) is 0 Å². The average molecular weight is 165 g/mol. The van der Waals surface area contributed by atoms with Crippen LogP contribution in [0.1, 0.15) is 19.3 Å². The molecule has 0 radical (unpaired) electrons. The minimum Gasteiger partial charge on any atom is -0.289 e. The van der Waals surface area contributed by atoms with E-state index in [-0.39, 0.29) is 0 Å². The van der Waals surface area contributed by atoms with Crippen LogP contribution >= 0.6 is 0 Å². The number of hydrogen-bond acceptors (Lipinski definition) is 2. The lowest BCUT2D eigenvalue weighted by Crippen LogP contribution is -2.43. The zero-order valence-corrected chi connectivity index (χ0v) is 7.58. The van der Waals surface area contributed by atoms with Crippen molar-refractivity contribution in [2.75, 3.05) is 20.1 Å². The zero-order chi connectivity index (χ0) is 8.55. The van der Waals surface area contributed by atoms with Gasteiger partial charge in [0.15, 0.2) is 0 Å². The Hall–Kier alpha value is -0.990. The molecule has 0 amide bonds. The highest BCUT2D eigenvalue weighted by molar-refractivity contribution is 5.86. The summed E-state index contributed by atoms with van der Waals surface area (Å²) in [5.74, 6) is 1.18. The van der Waals surface area contributed by atoms with E-state index in [4.69, 9.17) is 0 Å². The van der Waals surface area contributed by atoms with Crippen LogP contribution in [-0.4, -0.2) is 36.0 Å². The number of hydrazine groups is 1. The van der Waals surface area contributed by atoms with Crippen molar-refractivity contribution in [3.05, 3.63) is 12.3 Å². The maximum absolute atomic E-state index is 4.26. The number of rotatable bonds is 0. The Bertz CT molecular complexity index is 232. The van der Waals surface area contributed by atoms with Crippen LogP contribution in [0, 0.1) is 0 Å². The van der Waals surface area contributed by atoms with E-state index in [0.29, 0.717) is 0 Å². The minimum absolute atomic E-state index is 0.941. The highest BCUT2D eigenvalue weighted by Crippen LogP contribution is 2.26. The van der Waals surface area contributed by atoms with Gasteiger partial charge < -0.3 is 0 Å². The Morgan fingerprint density at radius 1 is 1.25 bits per heavy atom. The molecule has 0 aliphatic carbocycles. The standard InChI is InChI=1S/C9H15N3/c1-8-7-9(10-2)12-6-4-3-5-11(8)12/h1,3-7H2,2H3. The third-order valence-corrected chi connectivity index (χ3v) is 2.56. The van der Waals surface area contributed by atoms with Gasteiger partial charge in [-0.3, -0.25) is 15.0 Å². The summed E-state index contributed by atoms with van der Waals surface area (Å²) in [6.45, 7) is 6.28. The van der Waals surface area contributed by atoms with Gasteiger partial charge in [-0.15, -0.1) is 0 Å². The monoisotopic (exact) mass is 165 g/mol. The molecule has 3 nitrogen and oxygen atoms in total. The number of amidine groups is 1. The van der Waals surface area contributed by atoms with Crippen molar-refractivity contribution in [2.45, 2.75) is 19.3 Å². The van der Waals surface area contributed by atoms with Gasteiger partial charge in [-0.1, -0.05) is 6.58 Å². The smallest absolute Gasteiger partial charge is 0.123 e. The molecule has 0 bridgehead atoms. The highest BCUT2D eigenvalue weighted by atomic mass is 15.7. The molecule has 3 heteroatoms. The van der Waals surface area contributed by atoms with Crippen molar-refractivity contribution in [3.63, 3.8) is 0 Å². The number of nitrogens with zero attached hydrogens (tertiary/aromatic N) is 3. The molecule has 0 N–H and O–H groups in total. The summed E-state index contributed by atoms with van der Waals surface area (Å²) in [4.78, 5) is 4.26. The van der Waals surface area contributed by atoms with Crippen molar-refractivity contribution >= 4 is 5.84 Å². The second kappa shape index (κ2) is 2.81. The molecule has 12 heavy (non-hydrogen) atoms. The van der Waals surface area contributed by atoms with Crippen molar-refractivity contribution in [2.24, 2.45) is 4.99 Å². The lowest BCUT2D eigenvalue weighted by atomic mass is 10.2. The van der Waals surface area contributed by atoms with Crippen LogP contribution in [0.3, 0.4) is 0 Å². The van der Waals surface area contributed by atoms with Crippen molar-refractivity contribution < 1.29 is 0 Å². The SMILES string of the molecule is C=C1CC(=NC)N2CCCCN12. The summed E-state index contributed by atoms with van der Waals surface area (Å²) in [6, 6.07) is 0.